The summed E-state index contributed by atoms with van der Waals surface area (Å²) in [6.07, 6.45) is 4.67. The zero-order valence-electron chi connectivity index (χ0n) is 12.1. The molecule has 0 fully saturated rings. The van der Waals surface area contributed by atoms with Gasteiger partial charge in [0.2, 0.25) is 0 Å². The van der Waals surface area contributed by atoms with Crippen LogP contribution in [-0.2, 0) is 13.0 Å². The second-order valence-corrected chi connectivity index (χ2v) is 5.14. The molecule has 3 nitrogen and oxygen atoms in total. The molecule has 4 heteroatoms. The molecule has 0 aliphatic rings. The van der Waals surface area contributed by atoms with E-state index < -0.39 is 0 Å². The first-order chi connectivity index (χ1) is 8.63. The number of hydrogen-bond acceptors (Lipinski definition) is 2. The summed E-state index contributed by atoms with van der Waals surface area (Å²) in [5.74, 6) is 0. The van der Waals surface area contributed by atoms with Gasteiger partial charge in [0, 0.05) is 19.0 Å². The van der Waals surface area contributed by atoms with Crippen molar-refractivity contribution < 1.29 is 0 Å². The van der Waals surface area contributed by atoms with E-state index in [1.54, 1.807) is 0 Å². The minimum absolute atomic E-state index is 0.508. The van der Waals surface area contributed by atoms with Gasteiger partial charge in [0.05, 0.1) is 16.4 Å². The zero-order valence-corrected chi connectivity index (χ0v) is 12.8. The van der Waals surface area contributed by atoms with E-state index in [1.807, 2.05) is 11.6 Å². The highest BCUT2D eigenvalue weighted by Gasteiger charge is 2.17. The van der Waals surface area contributed by atoms with E-state index in [0.29, 0.717) is 6.04 Å². The van der Waals surface area contributed by atoms with Crippen LogP contribution < -0.4 is 5.32 Å². The Morgan fingerprint density at radius 2 is 2.06 bits per heavy atom. The number of halogens is 1. The number of likely N-dealkylation sites (N-methyl/N-ethyl adjacent to an activating group) is 1. The molecule has 0 radical (unpaired) electrons. The van der Waals surface area contributed by atoms with Crippen molar-refractivity contribution in [2.24, 2.45) is 0 Å². The van der Waals surface area contributed by atoms with E-state index in [2.05, 4.69) is 31.2 Å². The Morgan fingerprint density at radius 3 is 2.61 bits per heavy atom. The molecule has 1 aromatic heterocycles. The first kappa shape index (κ1) is 15.5. The maximum absolute atomic E-state index is 6.36. The Morgan fingerprint density at radius 1 is 1.33 bits per heavy atom. The fourth-order valence-corrected chi connectivity index (χ4v) is 2.53. The average Bonchev–Trinajstić information content (AvgIpc) is 2.63. The Balaban J connectivity index is 2.78. The van der Waals surface area contributed by atoms with Crippen molar-refractivity contribution in [3.8, 4) is 0 Å². The van der Waals surface area contributed by atoms with Crippen LogP contribution in [0.1, 0.15) is 51.4 Å². The molecule has 0 aliphatic heterocycles. The van der Waals surface area contributed by atoms with Gasteiger partial charge < -0.3 is 5.32 Å². The van der Waals surface area contributed by atoms with Gasteiger partial charge in [-0.2, -0.15) is 5.10 Å². The van der Waals surface area contributed by atoms with Crippen LogP contribution >= 0.6 is 11.6 Å². The molecule has 1 N–H and O–H groups in total. The van der Waals surface area contributed by atoms with Gasteiger partial charge >= 0.3 is 0 Å². The molecular formula is C14H26ClN3. The van der Waals surface area contributed by atoms with Crippen molar-refractivity contribution in [2.75, 3.05) is 6.54 Å². The minimum Gasteiger partial charge on any atom is -0.314 e. The second kappa shape index (κ2) is 7.80. The maximum atomic E-state index is 6.36. The van der Waals surface area contributed by atoms with Gasteiger partial charge in [0.25, 0.3) is 0 Å². The average molecular weight is 272 g/mol. The normalized spacial score (nSPS) is 12.9. The first-order valence-electron chi connectivity index (χ1n) is 7.09. The van der Waals surface area contributed by atoms with E-state index in [0.717, 1.165) is 30.2 Å². The molecule has 0 saturated heterocycles. The highest BCUT2D eigenvalue weighted by molar-refractivity contribution is 6.31. The van der Waals surface area contributed by atoms with Crippen molar-refractivity contribution in [1.82, 2.24) is 15.1 Å². The van der Waals surface area contributed by atoms with Crippen LogP contribution in [0.4, 0.5) is 0 Å². The van der Waals surface area contributed by atoms with Crippen LogP contribution in [0.25, 0.3) is 0 Å². The van der Waals surface area contributed by atoms with Crippen molar-refractivity contribution in [1.29, 1.82) is 0 Å². The number of unbranched alkanes of at least 4 members (excludes halogenated alkanes) is 1. The molecular weight excluding hydrogens is 246 g/mol. The smallest absolute Gasteiger partial charge is 0.0847 e. The van der Waals surface area contributed by atoms with Gasteiger partial charge in [0.15, 0.2) is 0 Å². The molecule has 0 aliphatic carbocycles. The van der Waals surface area contributed by atoms with Crippen LogP contribution in [0.3, 0.4) is 0 Å². The van der Waals surface area contributed by atoms with Crippen LogP contribution in [0, 0.1) is 6.92 Å². The molecule has 1 heterocycles. The number of rotatable bonds is 8. The zero-order chi connectivity index (χ0) is 13.5. The van der Waals surface area contributed by atoms with Gasteiger partial charge in [0.1, 0.15) is 0 Å². The third-order valence-corrected chi connectivity index (χ3v) is 3.78. The summed E-state index contributed by atoms with van der Waals surface area (Å²) >= 11 is 6.36. The van der Waals surface area contributed by atoms with E-state index in [1.165, 1.54) is 25.0 Å². The standard InChI is InChI=1S/C14H26ClN3/c1-5-8-9-12(16-6-2)10-13-14(15)11(4)17-18(13)7-3/h12,16H,5-10H2,1-4H3. The van der Waals surface area contributed by atoms with Crippen molar-refractivity contribution in [3.63, 3.8) is 0 Å². The number of nitrogens with zero attached hydrogens (tertiary/aromatic N) is 2. The molecule has 0 spiro atoms. The highest BCUT2D eigenvalue weighted by atomic mass is 35.5. The van der Waals surface area contributed by atoms with E-state index >= 15 is 0 Å². The quantitative estimate of drug-likeness (QED) is 0.783. The number of hydrogen-bond donors (Lipinski definition) is 1. The predicted octanol–water partition coefficient (Wildman–Crippen LogP) is 3.58. The second-order valence-electron chi connectivity index (χ2n) is 4.76. The number of nitrogens with one attached hydrogen (secondary N) is 1. The van der Waals surface area contributed by atoms with Gasteiger partial charge in [-0.15, -0.1) is 0 Å². The molecule has 1 unspecified atom stereocenters. The molecule has 0 amide bonds. The van der Waals surface area contributed by atoms with Crippen LogP contribution in [0.2, 0.25) is 5.02 Å². The van der Waals surface area contributed by atoms with E-state index in [4.69, 9.17) is 11.6 Å². The van der Waals surface area contributed by atoms with Gasteiger partial charge in [-0.1, -0.05) is 38.3 Å². The van der Waals surface area contributed by atoms with E-state index in [-0.39, 0.29) is 0 Å². The summed E-state index contributed by atoms with van der Waals surface area (Å²) in [7, 11) is 0. The SMILES string of the molecule is CCCCC(Cc1c(Cl)c(C)nn1CC)NCC. The van der Waals surface area contributed by atoms with Crippen LogP contribution in [0.5, 0.6) is 0 Å². The molecule has 0 bridgehead atoms. The molecule has 104 valence electrons. The Kier molecular flexibility index (Phi) is 6.72. The predicted molar refractivity (Wildman–Crippen MR) is 78.3 cm³/mol. The summed E-state index contributed by atoms with van der Waals surface area (Å²) in [5.41, 5.74) is 2.12. The fraction of sp³-hybridized carbons (Fsp3) is 0.786. The summed E-state index contributed by atoms with van der Waals surface area (Å²) in [4.78, 5) is 0. The lowest BCUT2D eigenvalue weighted by Gasteiger charge is -2.18. The highest BCUT2D eigenvalue weighted by Crippen LogP contribution is 2.22. The van der Waals surface area contributed by atoms with Crippen LogP contribution in [-0.4, -0.2) is 22.4 Å². The minimum atomic E-state index is 0.508. The summed E-state index contributed by atoms with van der Waals surface area (Å²) in [6, 6.07) is 0.508. The lowest BCUT2D eigenvalue weighted by atomic mass is 10.0. The Labute approximate surface area is 116 Å². The molecule has 0 aromatic carbocycles. The van der Waals surface area contributed by atoms with Gasteiger partial charge in [-0.25, -0.2) is 0 Å². The number of aromatic nitrogens is 2. The summed E-state index contributed by atoms with van der Waals surface area (Å²) in [6.45, 7) is 10.4. The molecule has 0 saturated carbocycles. The third kappa shape index (κ3) is 3.99. The largest absolute Gasteiger partial charge is 0.314 e. The van der Waals surface area contributed by atoms with Crippen molar-refractivity contribution >= 4 is 11.6 Å². The Bertz CT molecular complexity index is 360. The molecule has 18 heavy (non-hydrogen) atoms. The summed E-state index contributed by atoms with van der Waals surface area (Å²) < 4.78 is 2.04. The van der Waals surface area contributed by atoms with Crippen LogP contribution in [0.15, 0.2) is 0 Å². The van der Waals surface area contributed by atoms with Gasteiger partial charge in [-0.05, 0) is 26.8 Å². The third-order valence-electron chi connectivity index (χ3n) is 3.29. The molecule has 1 atom stereocenters. The topological polar surface area (TPSA) is 29.9 Å². The van der Waals surface area contributed by atoms with E-state index in [9.17, 15) is 0 Å². The first-order valence-corrected chi connectivity index (χ1v) is 7.46. The summed E-state index contributed by atoms with van der Waals surface area (Å²) in [5, 5.41) is 8.88. The van der Waals surface area contributed by atoms with Crippen molar-refractivity contribution in [3.05, 3.63) is 16.4 Å². The monoisotopic (exact) mass is 271 g/mol. The Hall–Kier alpha value is -0.540. The molecule has 1 rings (SSSR count). The fourth-order valence-electron chi connectivity index (χ4n) is 2.31. The van der Waals surface area contributed by atoms with Gasteiger partial charge in [-0.3, -0.25) is 4.68 Å². The lowest BCUT2D eigenvalue weighted by molar-refractivity contribution is 0.457. The number of aryl methyl sites for hydroxylation is 2. The molecule has 1 aromatic rings. The maximum Gasteiger partial charge on any atom is 0.0847 e. The van der Waals surface area contributed by atoms with Crippen molar-refractivity contribution in [2.45, 2.75) is 66.0 Å². The lowest BCUT2D eigenvalue weighted by Crippen LogP contribution is -2.31.